The minimum absolute atomic E-state index is 0.570. The molecule has 0 radical (unpaired) electrons. The third-order valence-electron chi connectivity index (χ3n) is 4.21. The van der Waals surface area contributed by atoms with Crippen LogP contribution >= 0.6 is 0 Å². The molecule has 1 heterocycles. The van der Waals surface area contributed by atoms with Gasteiger partial charge in [0.1, 0.15) is 17.6 Å². The van der Waals surface area contributed by atoms with E-state index in [4.69, 9.17) is 23.7 Å². The van der Waals surface area contributed by atoms with E-state index >= 15 is 0 Å². The lowest BCUT2D eigenvalue weighted by molar-refractivity contribution is -0.238. The SMILES string of the molecule is COC(=O)/C=C(\C(=O)OC)[S@](=O)[C@H]1O[C@H](COC(C)=O)[C@@H](OC(C)=O)[C@H](OC(C)=O)[C@H]1OC(C)=O. The lowest BCUT2D eigenvalue weighted by Crippen LogP contribution is -2.63. The third kappa shape index (κ3) is 8.75. The molecule has 6 atom stereocenters. The first kappa shape index (κ1) is 29.7. The molecule has 0 spiro atoms. The van der Waals surface area contributed by atoms with Crippen molar-refractivity contribution < 1.29 is 66.1 Å². The standard InChI is InChI=1S/C20H26O14S/c1-9(21)30-8-13-16(31-10(2)22)17(32-11(3)23)18(33-12(4)24)20(34-13)35(27)14(19(26)29-6)7-15(25)28-5/h7,13,16-18,20H,8H2,1-6H3/b14-7+/t13-,16-,17+,18-,20-,35+/m1/s1. The molecule has 0 aromatic heterocycles. The van der Waals surface area contributed by atoms with Gasteiger partial charge in [0.25, 0.3) is 0 Å². The highest BCUT2D eigenvalue weighted by Gasteiger charge is 2.55. The van der Waals surface area contributed by atoms with Crippen molar-refractivity contribution >= 4 is 46.6 Å². The van der Waals surface area contributed by atoms with Crippen LogP contribution in [0.25, 0.3) is 0 Å². The number of hydrogen-bond donors (Lipinski definition) is 0. The van der Waals surface area contributed by atoms with Crippen molar-refractivity contribution in [3.8, 4) is 0 Å². The molecule has 1 saturated heterocycles. The molecule has 1 aliphatic rings. The monoisotopic (exact) mass is 522 g/mol. The van der Waals surface area contributed by atoms with Gasteiger partial charge in [0, 0.05) is 33.8 Å². The van der Waals surface area contributed by atoms with Crippen molar-refractivity contribution in [2.24, 2.45) is 0 Å². The van der Waals surface area contributed by atoms with Gasteiger partial charge in [-0.1, -0.05) is 0 Å². The van der Waals surface area contributed by atoms with Gasteiger partial charge in [0.2, 0.25) is 0 Å². The molecule has 0 unspecified atom stereocenters. The van der Waals surface area contributed by atoms with Gasteiger partial charge in [-0.3, -0.25) is 23.4 Å². The van der Waals surface area contributed by atoms with Crippen LogP contribution in [0.2, 0.25) is 0 Å². The second-order valence-electron chi connectivity index (χ2n) is 6.89. The first-order valence-electron chi connectivity index (χ1n) is 9.91. The Morgan fingerprint density at radius 2 is 1.29 bits per heavy atom. The van der Waals surface area contributed by atoms with Gasteiger partial charge < -0.3 is 33.2 Å². The topological polar surface area (TPSA) is 184 Å². The van der Waals surface area contributed by atoms with Gasteiger partial charge in [-0.2, -0.15) is 0 Å². The molecule has 1 fully saturated rings. The van der Waals surface area contributed by atoms with Crippen LogP contribution < -0.4 is 0 Å². The summed E-state index contributed by atoms with van der Waals surface area (Å²) in [7, 11) is -0.666. The molecule has 1 aliphatic heterocycles. The van der Waals surface area contributed by atoms with Gasteiger partial charge in [-0.15, -0.1) is 0 Å². The van der Waals surface area contributed by atoms with E-state index in [2.05, 4.69) is 9.47 Å². The lowest BCUT2D eigenvalue weighted by atomic mass is 9.99. The van der Waals surface area contributed by atoms with E-state index < -0.39 is 88.0 Å². The van der Waals surface area contributed by atoms with Crippen LogP contribution in [0.4, 0.5) is 0 Å². The van der Waals surface area contributed by atoms with Crippen molar-refractivity contribution in [3.05, 3.63) is 11.0 Å². The fourth-order valence-electron chi connectivity index (χ4n) is 2.95. The Labute approximate surface area is 202 Å². The van der Waals surface area contributed by atoms with Gasteiger partial charge >= 0.3 is 35.8 Å². The van der Waals surface area contributed by atoms with E-state index in [1.165, 1.54) is 0 Å². The summed E-state index contributed by atoms with van der Waals surface area (Å²) in [5.74, 6) is -5.72. The zero-order valence-electron chi connectivity index (χ0n) is 19.8. The second-order valence-corrected chi connectivity index (χ2v) is 8.39. The highest BCUT2D eigenvalue weighted by molar-refractivity contribution is 7.90. The van der Waals surface area contributed by atoms with Crippen LogP contribution in [0.5, 0.6) is 0 Å². The number of methoxy groups -OCH3 is 2. The molecule has 0 bridgehead atoms. The first-order chi connectivity index (χ1) is 16.3. The third-order valence-corrected chi connectivity index (χ3v) is 5.73. The number of rotatable bonds is 9. The van der Waals surface area contributed by atoms with E-state index in [-0.39, 0.29) is 0 Å². The molecule has 0 aromatic rings. The Balaban J connectivity index is 3.67. The summed E-state index contributed by atoms with van der Waals surface area (Å²) in [6, 6.07) is 0. The molecular weight excluding hydrogens is 496 g/mol. The number of hydrogen-bond acceptors (Lipinski definition) is 14. The van der Waals surface area contributed by atoms with Crippen LogP contribution in [0, 0.1) is 0 Å². The molecule has 35 heavy (non-hydrogen) atoms. The number of ether oxygens (including phenoxy) is 7. The Bertz CT molecular complexity index is 909. The lowest BCUT2D eigenvalue weighted by Gasteiger charge is -2.43. The quantitative estimate of drug-likeness (QED) is 0.205. The summed E-state index contributed by atoms with van der Waals surface area (Å²) in [5.41, 5.74) is -1.79. The number of esters is 6. The van der Waals surface area contributed by atoms with Crippen molar-refractivity contribution in [3.63, 3.8) is 0 Å². The Morgan fingerprint density at radius 3 is 1.74 bits per heavy atom. The van der Waals surface area contributed by atoms with Crippen LogP contribution in [0.1, 0.15) is 27.7 Å². The Kier molecular flexibility index (Phi) is 11.5. The maximum atomic E-state index is 13.4. The van der Waals surface area contributed by atoms with E-state index in [0.717, 1.165) is 41.9 Å². The molecule has 1 rings (SSSR count). The fraction of sp³-hybridized carbons (Fsp3) is 0.600. The average molecular weight is 522 g/mol. The minimum Gasteiger partial charge on any atom is -0.466 e. The molecular formula is C20H26O14S. The van der Waals surface area contributed by atoms with E-state index in [9.17, 15) is 33.0 Å². The summed E-state index contributed by atoms with van der Waals surface area (Å²) >= 11 is 0. The Morgan fingerprint density at radius 1 is 0.771 bits per heavy atom. The zero-order chi connectivity index (χ0) is 26.9. The Hall–Kier alpha value is -3.33. The molecule has 0 amide bonds. The molecule has 0 saturated carbocycles. The largest absolute Gasteiger partial charge is 0.466 e. The van der Waals surface area contributed by atoms with E-state index in [1.807, 2.05) is 0 Å². The second kappa shape index (κ2) is 13.5. The summed E-state index contributed by atoms with van der Waals surface area (Å²) < 4.78 is 48.7. The molecule has 0 aromatic carbocycles. The summed E-state index contributed by atoms with van der Waals surface area (Å²) in [6.07, 6.45) is -5.62. The fourth-order valence-corrected chi connectivity index (χ4v) is 4.36. The van der Waals surface area contributed by atoms with Crippen molar-refractivity contribution in [2.75, 3.05) is 20.8 Å². The van der Waals surface area contributed by atoms with Crippen LogP contribution in [0.15, 0.2) is 11.0 Å². The first-order valence-corrected chi connectivity index (χ1v) is 11.1. The van der Waals surface area contributed by atoms with Crippen molar-refractivity contribution in [1.29, 1.82) is 0 Å². The molecule has 196 valence electrons. The average Bonchev–Trinajstić information content (AvgIpc) is 2.76. The highest BCUT2D eigenvalue weighted by atomic mass is 32.2. The smallest absolute Gasteiger partial charge is 0.347 e. The number of carbonyl (C=O) groups is 6. The van der Waals surface area contributed by atoms with Crippen LogP contribution in [0.3, 0.4) is 0 Å². The van der Waals surface area contributed by atoms with Crippen LogP contribution in [-0.4, -0.2) is 90.7 Å². The summed E-state index contributed by atoms with van der Waals surface area (Å²) in [4.78, 5) is 70.1. The summed E-state index contributed by atoms with van der Waals surface area (Å²) in [5, 5.41) is 0. The molecule has 15 heteroatoms. The summed E-state index contributed by atoms with van der Waals surface area (Å²) in [6.45, 7) is 3.54. The van der Waals surface area contributed by atoms with Gasteiger partial charge in [0.05, 0.1) is 25.0 Å². The molecule has 0 N–H and O–H groups in total. The zero-order valence-corrected chi connectivity index (χ0v) is 20.6. The van der Waals surface area contributed by atoms with Gasteiger partial charge in [0.15, 0.2) is 23.7 Å². The number of carbonyl (C=O) groups excluding carboxylic acids is 6. The van der Waals surface area contributed by atoms with Gasteiger partial charge in [-0.05, 0) is 0 Å². The predicted octanol–water partition coefficient (Wildman–Crippen LogP) is -0.952. The highest BCUT2D eigenvalue weighted by Crippen LogP contribution is 2.32. The molecule has 0 aliphatic carbocycles. The van der Waals surface area contributed by atoms with Crippen LogP contribution in [-0.2, 0) is 72.7 Å². The molecule has 14 nitrogen and oxygen atoms in total. The van der Waals surface area contributed by atoms with Crippen molar-refractivity contribution in [2.45, 2.75) is 57.5 Å². The minimum atomic E-state index is -2.63. The van der Waals surface area contributed by atoms with E-state index in [1.54, 1.807) is 0 Å². The maximum absolute atomic E-state index is 13.4. The van der Waals surface area contributed by atoms with E-state index in [0.29, 0.717) is 6.08 Å². The maximum Gasteiger partial charge on any atom is 0.347 e. The predicted molar refractivity (Wildman–Crippen MR) is 112 cm³/mol. The van der Waals surface area contributed by atoms with Gasteiger partial charge in [-0.25, -0.2) is 9.59 Å². The van der Waals surface area contributed by atoms with Crippen molar-refractivity contribution in [1.82, 2.24) is 0 Å². The normalized spacial score (nSPS) is 24.9.